The molecule has 0 aromatic rings. The first kappa shape index (κ1) is 12.8. The molecule has 1 rings (SSSR count). The minimum atomic E-state index is -0.392. The second-order valence-electron chi connectivity index (χ2n) is 4.93. The van der Waals surface area contributed by atoms with Crippen molar-refractivity contribution in [3.05, 3.63) is 0 Å². The maximum absolute atomic E-state index is 11.7. The van der Waals surface area contributed by atoms with Gasteiger partial charge in [0.1, 0.15) is 5.60 Å². The van der Waals surface area contributed by atoms with Gasteiger partial charge in [0.25, 0.3) is 0 Å². The van der Waals surface area contributed by atoms with Gasteiger partial charge in [-0.1, -0.05) is 0 Å². The molecule has 88 valence electrons. The van der Waals surface area contributed by atoms with Crippen LogP contribution in [0, 0.1) is 5.92 Å². The largest absolute Gasteiger partial charge is 0.460 e. The molecule has 1 fully saturated rings. The minimum Gasteiger partial charge on any atom is -0.460 e. The van der Waals surface area contributed by atoms with Crippen molar-refractivity contribution in [2.75, 3.05) is 12.4 Å². The van der Waals surface area contributed by atoms with Crippen LogP contribution in [0.1, 0.15) is 33.6 Å². The van der Waals surface area contributed by atoms with Gasteiger partial charge in [0.15, 0.2) is 0 Å². The Balaban J connectivity index is 2.37. The number of thioether (sulfide) groups is 1. The Kier molecular flexibility index (Phi) is 4.46. The summed E-state index contributed by atoms with van der Waals surface area (Å²) in [6.07, 6.45) is 1.63. The molecule has 0 bridgehead atoms. The number of carbonyl (C=O) groups is 1. The van der Waals surface area contributed by atoms with Crippen LogP contribution in [0.3, 0.4) is 0 Å². The number of carbonyl (C=O) groups excluding carboxylic acids is 1. The van der Waals surface area contributed by atoms with Crippen LogP contribution in [0.5, 0.6) is 0 Å². The summed E-state index contributed by atoms with van der Waals surface area (Å²) in [5.41, 5.74) is -0.392. The second-order valence-corrected chi connectivity index (χ2v) is 6.27. The summed E-state index contributed by atoms with van der Waals surface area (Å²) in [4.78, 5) is 11.7. The molecule has 1 aliphatic heterocycles. The quantitative estimate of drug-likeness (QED) is 0.754. The molecule has 2 atom stereocenters. The van der Waals surface area contributed by atoms with E-state index in [-0.39, 0.29) is 18.5 Å². The van der Waals surface area contributed by atoms with E-state index < -0.39 is 5.60 Å². The zero-order valence-electron chi connectivity index (χ0n) is 9.66. The highest BCUT2D eigenvalue weighted by atomic mass is 32.2. The normalized spacial score (nSPS) is 26.7. The molecule has 1 heterocycles. The molecule has 0 aromatic carbocycles. The summed E-state index contributed by atoms with van der Waals surface area (Å²) < 4.78 is 5.33. The molecule has 4 heteroatoms. The molecule has 0 spiro atoms. The Labute approximate surface area is 95.6 Å². The van der Waals surface area contributed by atoms with Crippen LogP contribution in [0.25, 0.3) is 0 Å². The third-order valence-corrected chi connectivity index (χ3v) is 3.77. The van der Waals surface area contributed by atoms with Crippen LogP contribution in [-0.4, -0.2) is 34.3 Å². The van der Waals surface area contributed by atoms with Crippen LogP contribution >= 0.6 is 11.8 Å². The maximum atomic E-state index is 11.7. The average molecular weight is 232 g/mol. The van der Waals surface area contributed by atoms with Gasteiger partial charge in [-0.25, -0.2) is 0 Å². The smallest absolute Gasteiger partial charge is 0.310 e. The monoisotopic (exact) mass is 232 g/mol. The fraction of sp³-hybridized carbons (Fsp3) is 0.909. The first-order chi connectivity index (χ1) is 6.92. The molecule has 0 amide bonds. The van der Waals surface area contributed by atoms with Crippen LogP contribution in [-0.2, 0) is 9.53 Å². The summed E-state index contributed by atoms with van der Waals surface area (Å²) >= 11 is 1.77. The number of rotatable bonds is 3. The van der Waals surface area contributed by atoms with Crippen molar-refractivity contribution >= 4 is 17.7 Å². The van der Waals surface area contributed by atoms with Gasteiger partial charge in [0.05, 0.1) is 5.92 Å². The van der Waals surface area contributed by atoms with Crippen molar-refractivity contribution in [1.29, 1.82) is 0 Å². The van der Waals surface area contributed by atoms with Crippen molar-refractivity contribution in [2.45, 2.75) is 44.5 Å². The van der Waals surface area contributed by atoms with Gasteiger partial charge in [-0.15, -0.1) is 0 Å². The SMILES string of the molecule is CC(C)(C)OC(=O)C1CSC(CCO)C1. The summed E-state index contributed by atoms with van der Waals surface area (Å²) in [5.74, 6) is 0.765. The van der Waals surface area contributed by atoms with Gasteiger partial charge in [-0.3, -0.25) is 4.79 Å². The van der Waals surface area contributed by atoms with E-state index in [2.05, 4.69) is 0 Å². The molecule has 3 nitrogen and oxygen atoms in total. The lowest BCUT2D eigenvalue weighted by molar-refractivity contribution is -0.159. The van der Waals surface area contributed by atoms with Gasteiger partial charge in [-0.05, 0) is 33.6 Å². The summed E-state index contributed by atoms with van der Waals surface area (Å²) in [6, 6.07) is 0. The maximum Gasteiger partial charge on any atom is 0.310 e. The van der Waals surface area contributed by atoms with Gasteiger partial charge in [0, 0.05) is 17.6 Å². The highest BCUT2D eigenvalue weighted by Gasteiger charge is 2.33. The Bertz CT molecular complexity index is 222. The van der Waals surface area contributed by atoms with E-state index in [1.165, 1.54) is 0 Å². The first-order valence-electron chi connectivity index (χ1n) is 5.37. The highest BCUT2D eigenvalue weighted by Crippen LogP contribution is 2.34. The zero-order valence-corrected chi connectivity index (χ0v) is 10.5. The van der Waals surface area contributed by atoms with E-state index in [0.717, 1.165) is 18.6 Å². The fourth-order valence-electron chi connectivity index (χ4n) is 1.60. The highest BCUT2D eigenvalue weighted by molar-refractivity contribution is 8.00. The zero-order chi connectivity index (χ0) is 11.5. The fourth-order valence-corrected chi connectivity index (χ4v) is 3.02. The summed E-state index contributed by atoms with van der Waals surface area (Å²) in [5, 5.41) is 9.23. The predicted molar refractivity (Wildman–Crippen MR) is 61.9 cm³/mol. The summed E-state index contributed by atoms with van der Waals surface area (Å²) in [7, 11) is 0. The number of aliphatic hydroxyl groups excluding tert-OH is 1. The van der Waals surface area contributed by atoms with Crippen molar-refractivity contribution in [3.63, 3.8) is 0 Å². The molecule has 2 unspecified atom stereocenters. The van der Waals surface area contributed by atoms with E-state index >= 15 is 0 Å². The lowest BCUT2D eigenvalue weighted by Crippen LogP contribution is -2.29. The Morgan fingerprint density at radius 3 is 2.73 bits per heavy atom. The topological polar surface area (TPSA) is 46.5 Å². The minimum absolute atomic E-state index is 0.0192. The number of hydrogen-bond donors (Lipinski definition) is 1. The van der Waals surface area contributed by atoms with Crippen LogP contribution in [0.4, 0.5) is 0 Å². The first-order valence-corrected chi connectivity index (χ1v) is 6.42. The van der Waals surface area contributed by atoms with E-state index in [1.807, 2.05) is 20.8 Å². The number of aliphatic hydroxyl groups is 1. The predicted octanol–water partition coefficient (Wildman–Crippen LogP) is 1.83. The van der Waals surface area contributed by atoms with Crippen LogP contribution < -0.4 is 0 Å². The Morgan fingerprint density at radius 2 is 2.20 bits per heavy atom. The number of hydrogen-bond acceptors (Lipinski definition) is 4. The van der Waals surface area contributed by atoms with Gasteiger partial charge in [0.2, 0.25) is 0 Å². The standard InChI is InChI=1S/C11H20O3S/c1-11(2,3)14-10(13)8-6-9(4-5-12)15-7-8/h8-9,12H,4-7H2,1-3H3. The van der Waals surface area contributed by atoms with Crippen molar-refractivity contribution < 1.29 is 14.6 Å². The molecule has 1 N–H and O–H groups in total. The molecule has 0 saturated carbocycles. The van der Waals surface area contributed by atoms with Crippen molar-refractivity contribution in [3.8, 4) is 0 Å². The summed E-state index contributed by atoms with van der Waals surface area (Å²) in [6.45, 7) is 5.87. The van der Waals surface area contributed by atoms with Crippen LogP contribution in [0.2, 0.25) is 0 Å². The lowest BCUT2D eigenvalue weighted by atomic mass is 10.0. The van der Waals surface area contributed by atoms with E-state index in [4.69, 9.17) is 9.84 Å². The Morgan fingerprint density at radius 1 is 1.53 bits per heavy atom. The van der Waals surface area contributed by atoms with Crippen LogP contribution in [0.15, 0.2) is 0 Å². The van der Waals surface area contributed by atoms with Gasteiger partial charge < -0.3 is 9.84 Å². The van der Waals surface area contributed by atoms with E-state index in [9.17, 15) is 4.79 Å². The molecule has 15 heavy (non-hydrogen) atoms. The third-order valence-electron chi connectivity index (χ3n) is 2.27. The second kappa shape index (κ2) is 5.21. The van der Waals surface area contributed by atoms with E-state index in [0.29, 0.717) is 5.25 Å². The third kappa shape index (κ3) is 4.43. The number of ether oxygens (including phenoxy) is 1. The number of esters is 1. The van der Waals surface area contributed by atoms with Crippen molar-refractivity contribution in [1.82, 2.24) is 0 Å². The average Bonchev–Trinajstić information content (AvgIpc) is 2.50. The molecule has 1 saturated heterocycles. The van der Waals surface area contributed by atoms with Gasteiger partial charge in [-0.2, -0.15) is 11.8 Å². The van der Waals surface area contributed by atoms with Crippen molar-refractivity contribution in [2.24, 2.45) is 5.92 Å². The molecule has 0 radical (unpaired) electrons. The molecular formula is C11H20O3S. The molecule has 1 aliphatic rings. The molecule has 0 aromatic heterocycles. The van der Waals surface area contributed by atoms with E-state index in [1.54, 1.807) is 11.8 Å². The molecule has 0 aliphatic carbocycles. The van der Waals surface area contributed by atoms with Gasteiger partial charge >= 0.3 is 5.97 Å². The lowest BCUT2D eigenvalue weighted by Gasteiger charge is -2.21. The molecular weight excluding hydrogens is 212 g/mol. The Hall–Kier alpha value is -0.220.